The minimum absolute atomic E-state index is 0.115. The zero-order valence-electron chi connectivity index (χ0n) is 35.8. The molecule has 2 heterocycles. The van der Waals surface area contributed by atoms with E-state index in [0.717, 1.165) is 0 Å². The Kier molecular flexibility index (Phi) is 19.4. The molecule has 4 atom stereocenters. The average molecular weight is 923 g/mol. The first-order chi connectivity index (χ1) is 30.9. The number of pyridine rings is 1. The Morgan fingerprint density at radius 3 is 2.25 bits per heavy atom. The Balaban J connectivity index is 1.35. The molecule has 1 aliphatic rings. The maximum atomic E-state index is 13.9. The molecule has 0 radical (unpaired) electrons. The monoisotopic (exact) mass is 922 g/mol. The van der Waals surface area contributed by atoms with E-state index in [1.165, 1.54) is 36.5 Å². The van der Waals surface area contributed by atoms with Crippen molar-refractivity contribution in [3.05, 3.63) is 83.6 Å². The van der Waals surface area contributed by atoms with E-state index >= 15 is 0 Å². The highest BCUT2D eigenvalue weighted by molar-refractivity contribution is 7.85. The quantitative estimate of drug-likeness (QED) is 0.0454. The third-order valence-electron chi connectivity index (χ3n) is 9.83. The minimum Gasteiger partial charge on any atom is -0.494 e. The first-order valence-electron chi connectivity index (χ1n) is 20.7. The molecule has 1 aliphatic heterocycles. The highest BCUT2D eigenvalue weighted by Gasteiger charge is 2.34. The summed E-state index contributed by atoms with van der Waals surface area (Å²) in [6, 6.07) is 10.1. The van der Waals surface area contributed by atoms with Crippen LogP contribution in [0.1, 0.15) is 67.4 Å². The van der Waals surface area contributed by atoms with E-state index < -0.39 is 94.6 Å². The third kappa shape index (κ3) is 16.7. The summed E-state index contributed by atoms with van der Waals surface area (Å²) >= 11 is 0. The van der Waals surface area contributed by atoms with E-state index in [2.05, 4.69) is 47.1 Å². The van der Waals surface area contributed by atoms with Crippen LogP contribution in [-0.4, -0.2) is 115 Å². The molecule has 1 aromatic heterocycles. The van der Waals surface area contributed by atoms with Gasteiger partial charge in [-0.05, 0) is 79.6 Å². The maximum Gasteiger partial charge on any atom is 0.305 e. The summed E-state index contributed by atoms with van der Waals surface area (Å²) < 4.78 is 38.4. The van der Waals surface area contributed by atoms with Crippen molar-refractivity contribution in [3.8, 4) is 5.75 Å². The topological polar surface area (TPSA) is 339 Å². The van der Waals surface area contributed by atoms with Crippen molar-refractivity contribution in [1.82, 2.24) is 36.9 Å². The number of ether oxygens (including phenoxy) is 1. The Morgan fingerprint density at radius 1 is 0.877 bits per heavy atom. The number of rotatable bonds is 19. The van der Waals surface area contributed by atoms with Crippen LogP contribution in [0.4, 0.5) is 5.82 Å². The summed E-state index contributed by atoms with van der Waals surface area (Å²) in [7, 11) is -4.43. The molecule has 0 saturated carbocycles. The van der Waals surface area contributed by atoms with Crippen molar-refractivity contribution in [2.45, 2.75) is 88.0 Å². The number of aromatic nitrogens is 1. The summed E-state index contributed by atoms with van der Waals surface area (Å²) in [6.45, 7) is 3.44. The number of azo groups is 1. The lowest BCUT2D eigenvalue weighted by Crippen LogP contribution is -2.59. The van der Waals surface area contributed by atoms with Crippen LogP contribution in [0.2, 0.25) is 0 Å². The van der Waals surface area contributed by atoms with E-state index in [-0.39, 0.29) is 54.4 Å². The number of nitrogens with one attached hydrogen (secondary N) is 6. The first kappa shape index (κ1) is 50.8. The Labute approximate surface area is 375 Å². The van der Waals surface area contributed by atoms with Gasteiger partial charge in [0.2, 0.25) is 29.5 Å². The lowest BCUT2D eigenvalue weighted by Gasteiger charge is -2.27. The van der Waals surface area contributed by atoms with Crippen molar-refractivity contribution in [1.29, 1.82) is 0 Å². The Morgan fingerprint density at radius 2 is 1.58 bits per heavy atom. The number of carboxylic acid groups (broad SMARTS) is 1. The molecule has 65 heavy (non-hydrogen) atoms. The lowest BCUT2D eigenvalue weighted by molar-refractivity contribution is -0.141. The molecule has 6 amide bonds. The van der Waals surface area contributed by atoms with Crippen molar-refractivity contribution >= 4 is 57.3 Å². The number of carboxylic acids is 1. The maximum absolute atomic E-state index is 13.9. The van der Waals surface area contributed by atoms with Crippen molar-refractivity contribution < 1.29 is 56.4 Å². The van der Waals surface area contributed by atoms with Crippen LogP contribution in [0, 0.1) is 5.92 Å². The standard InChI is InChI=1S/C42H54N10O12S/c1-25(2)37-42(60)49-30(9-5-6-17-43)39(57)46-24-35(53)48-32(21-36(54)55)40(58)50-31(41(59)51-37)20-26-11-14-29(15-12-26)64-19-7-18-44-38(56)28-13-16-34(45-22-28)52-47-23-27-8-3-4-10-33(27)65(61,62)63/h3-4,8,10-16,22,25,30-32,37H,5-7,9,17-21,23-24,43H2,1-2H3,(H,44,56)(H,46,57)(H,48,53)(H,49,60)(H,50,58)(H,51,59)(H,54,55)(H,61,62,63)/t30-,31+,32-,37-/m0/s1. The predicted octanol–water partition coefficient (Wildman–Crippen LogP) is 0.682. The van der Waals surface area contributed by atoms with E-state index in [1.807, 2.05) is 0 Å². The smallest absolute Gasteiger partial charge is 0.305 e. The number of nitrogens with two attached hydrogens (primary N) is 1. The first-order valence-corrected chi connectivity index (χ1v) is 22.2. The summed E-state index contributed by atoms with van der Waals surface area (Å²) in [5.74, 6) is -5.62. The Bertz CT molecular complexity index is 2290. The molecule has 22 nitrogen and oxygen atoms in total. The number of aliphatic carboxylic acids is 1. The van der Waals surface area contributed by atoms with Gasteiger partial charge in [-0.2, -0.15) is 13.5 Å². The average Bonchev–Trinajstić information content (AvgIpc) is 3.26. The molecule has 1 fully saturated rings. The van der Waals surface area contributed by atoms with Gasteiger partial charge in [0.25, 0.3) is 16.0 Å². The van der Waals surface area contributed by atoms with E-state index in [9.17, 15) is 51.6 Å². The molecule has 0 aliphatic carbocycles. The second-order valence-corrected chi connectivity index (χ2v) is 16.7. The lowest BCUT2D eigenvalue weighted by atomic mass is 9.99. The van der Waals surface area contributed by atoms with Crippen LogP contribution in [-0.2, 0) is 51.9 Å². The van der Waals surface area contributed by atoms with E-state index in [1.54, 1.807) is 44.2 Å². The van der Waals surface area contributed by atoms with Crippen LogP contribution >= 0.6 is 0 Å². The molecule has 23 heteroatoms. The summed E-state index contributed by atoms with van der Waals surface area (Å²) in [4.78, 5) is 94.9. The molecule has 3 aromatic rings. The van der Waals surface area contributed by atoms with Gasteiger partial charge in [0.1, 0.15) is 29.9 Å². The fourth-order valence-electron chi connectivity index (χ4n) is 6.39. The number of unbranched alkanes of at least 4 members (excludes halogenated alkanes) is 1. The van der Waals surface area contributed by atoms with Crippen LogP contribution < -0.4 is 42.4 Å². The van der Waals surface area contributed by atoms with Crippen molar-refractivity contribution in [2.75, 3.05) is 26.2 Å². The number of carbonyl (C=O) groups is 7. The van der Waals surface area contributed by atoms with Crippen LogP contribution in [0.25, 0.3) is 0 Å². The van der Waals surface area contributed by atoms with Gasteiger partial charge in [-0.15, -0.1) is 5.11 Å². The molecule has 1 saturated heterocycles. The number of hydrogen-bond acceptors (Lipinski definition) is 14. The van der Waals surface area contributed by atoms with Gasteiger partial charge in [0, 0.05) is 19.2 Å². The van der Waals surface area contributed by atoms with Gasteiger partial charge in [-0.1, -0.05) is 44.2 Å². The predicted molar refractivity (Wildman–Crippen MR) is 232 cm³/mol. The number of amides is 6. The zero-order chi connectivity index (χ0) is 47.5. The zero-order valence-corrected chi connectivity index (χ0v) is 36.6. The van der Waals surface area contributed by atoms with Gasteiger partial charge in [0.05, 0.1) is 36.6 Å². The van der Waals surface area contributed by atoms with E-state index in [0.29, 0.717) is 37.1 Å². The fraction of sp³-hybridized carbons (Fsp3) is 0.429. The molecule has 0 spiro atoms. The van der Waals surface area contributed by atoms with Crippen molar-refractivity contribution in [3.63, 3.8) is 0 Å². The molecule has 4 rings (SSSR count). The van der Waals surface area contributed by atoms with E-state index in [4.69, 9.17) is 10.5 Å². The molecule has 2 aromatic carbocycles. The summed E-state index contributed by atoms with van der Waals surface area (Å²) in [5, 5.41) is 32.8. The van der Waals surface area contributed by atoms with Gasteiger partial charge in [0.15, 0.2) is 5.82 Å². The van der Waals surface area contributed by atoms with Crippen LogP contribution in [0.5, 0.6) is 5.75 Å². The number of benzene rings is 2. The van der Waals surface area contributed by atoms with Gasteiger partial charge < -0.3 is 47.5 Å². The normalized spacial score (nSPS) is 18.9. The fourth-order valence-corrected chi connectivity index (χ4v) is 7.10. The van der Waals surface area contributed by atoms with Gasteiger partial charge in [-0.3, -0.25) is 38.1 Å². The molecule has 0 bridgehead atoms. The molecule has 0 unspecified atom stereocenters. The highest BCUT2D eigenvalue weighted by Crippen LogP contribution is 2.18. The SMILES string of the molecule is CC(C)[C@@H]1NC(=O)[C@@H](Cc2ccc(OCCCNC(=O)c3ccc(N=NCc4ccccc4S(=O)(=O)O)nc3)cc2)NC(=O)[C@H](CC(=O)O)NC(=O)CNC(=O)[C@H](CCCCN)NC1=O. The second kappa shape index (κ2) is 24.9. The molecular weight excluding hydrogens is 869 g/mol. The molecule has 10 N–H and O–H groups in total. The second-order valence-electron chi connectivity index (χ2n) is 15.3. The van der Waals surface area contributed by atoms with Crippen LogP contribution in [0.3, 0.4) is 0 Å². The van der Waals surface area contributed by atoms with Gasteiger partial charge >= 0.3 is 5.97 Å². The largest absolute Gasteiger partial charge is 0.494 e. The highest BCUT2D eigenvalue weighted by atomic mass is 32.2. The minimum atomic E-state index is -4.43. The summed E-state index contributed by atoms with van der Waals surface area (Å²) in [5.41, 5.74) is 6.66. The number of nitrogens with zero attached hydrogens (tertiary/aromatic N) is 3. The number of hydrogen-bond donors (Lipinski definition) is 9. The van der Waals surface area contributed by atoms with Crippen LogP contribution in [0.15, 0.2) is 82.0 Å². The van der Waals surface area contributed by atoms with Crippen molar-refractivity contribution in [2.24, 2.45) is 21.9 Å². The molecule has 350 valence electrons. The van der Waals surface area contributed by atoms with Gasteiger partial charge in [-0.25, -0.2) is 4.98 Å². The third-order valence-corrected chi connectivity index (χ3v) is 10.8. The Hall–Kier alpha value is -6.85. The number of carbonyl (C=O) groups excluding carboxylic acids is 6. The molecular formula is C42H54N10O12S. The summed E-state index contributed by atoms with van der Waals surface area (Å²) in [6.07, 6.45) is 2.01.